The highest BCUT2D eigenvalue weighted by atomic mass is 16.5. The molecular formula is C17H21NO. The first-order chi connectivity index (χ1) is 9.16. The van der Waals surface area contributed by atoms with Crippen LogP contribution in [0.2, 0.25) is 0 Å². The van der Waals surface area contributed by atoms with Crippen molar-refractivity contribution in [3.63, 3.8) is 0 Å². The Labute approximate surface area is 115 Å². The van der Waals surface area contributed by atoms with Crippen molar-refractivity contribution in [3.05, 3.63) is 65.2 Å². The average molecular weight is 255 g/mol. The summed E-state index contributed by atoms with van der Waals surface area (Å²) in [5.74, 6) is 0.946. The van der Waals surface area contributed by atoms with E-state index in [0.717, 1.165) is 12.2 Å². The molecule has 0 aliphatic carbocycles. The predicted molar refractivity (Wildman–Crippen MR) is 79.3 cm³/mol. The lowest BCUT2D eigenvalue weighted by Crippen LogP contribution is -2.18. The van der Waals surface area contributed by atoms with Gasteiger partial charge in [-0.05, 0) is 43.0 Å². The van der Waals surface area contributed by atoms with Gasteiger partial charge in [0.1, 0.15) is 12.4 Å². The Morgan fingerprint density at radius 1 is 1.05 bits per heavy atom. The third-order valence-electron chi connectivity index (χ3n) is 3.18. The van der Waals surface area contributed by atoms with Gasteiger partial charge in [-0.25, -0.2) is 0 Å². The molecule has 0 aliphatic rings. The van der Waals surface area contributed by atoms with Crippen molar-refractivity contribution >= 4 is 0 Å². The Kier molecular flexibility index (Phi) is 4.58. The van der Waals surface area contributed by atoms with Gasteiger partial charge in [0, 0.05) is 6.04 Å². The third kappa shape index (κ3) is 3.83. The molecule has 0 spiro atoms. The Morgan fingerprint density at radius 2 is 1.79 bits per heavy atom. The number of nitrogens with two attached hydrogens (primary N) is 1. The van der Waals surface area contributed by atoms with Gasteiger partial charge in [-0.15, -0.1) is 0 Å². The molecule has 0 aromatic heterocycles. The molecule has 2 nitrogen and oxygen atoms in total. The fourth-order valence-corrected chi connectivity index (χ4v) is 2.12. The monoisotopic (exact) mass is 255 g/mol. The van der Waals surface area contributed by atoms with Crippen molar-refractivity contribution in [1.29, 1.82) is 0 Å². The van der Waals surface area contributed by atoms with Crippen LogP contribution in [0.4, 0.5) is 0 Å². The van der Waals surface area contributed by atoms with E-state index in [1.54, 1.807) is 0 Å². The van der Waals surface area contributed by atoms with Crippen molar-refractivity contribution in [1.82, 2.24) is 0 Å². The van der Waals surface area contributed by atoms with Crippen LogP contribution in [0.1, 0.15) is 23.6 Å². The summed E-state index contributed by atoms with van der Waals surface area (Å²) in [7, 11) is 0. The van der Waals surface area contributed by atoms with Gasteiger partial charge in [-0.3, -0.25) is 0 Å². The Balaban J connectivity index is 2.08. The summed E-state index contributed by atoms with van der Waals surface area (Å²) in [5, 5.41) is 0. The van der Waals surface area contributed by atoms with Gasteiger partial charge < -0.3 is 10.5 Å². The number of ether oxygens (including phenoxy) is 1. The largest absolute Gasteiger partial charge is 0.489 e. The van der Waals surface area contributed by atoms with E-state index in [1.165, 1.54) is 16.7 Å². The number of hydrogen-bond donors (Lipinski definition) is 1. The fourth-order valence-electron chi connectivity index (χ4n) is 2.12. The highest BCUT2D eigenvalue weighted by molar-refractivity contribution is 5.39. The summed E-state index contributed by atoms with van der Waals surface area (Å²) >= 11 is 0. The van der Waals surface area contributed by atoms with E-state index >= 15 is 0 Å². The van der Waals surface area contributed by atoms with E-state index in [0.29, 0.717) is 6.61 Å². The minimum Gasteiger partial charge on any atom is -0.489 e. The lowest BCUT2D eigenvalue weighted by Gasteiger charge is -2.14. The normalized spacial score (nSPS) is 12.2. The number of rotatable bonds is 5. The van der Waals surface area contributed by atoms with E-state index in [1.807, 2.05) is 37.3 Å². The van der Waals surface area contributed by atoms with E-state index in [-0.39, 0.29) is 6.04 Å². The van der Waals surface area contributed by atoms with Crippen LogP contribution in [-0.2, 0) is 13.0 Å². The lowest BCUT2D eigenvalue weighted by molar-refractivity contribution is 0.303. The Bertz CT molecular complexity index is 520. The molecule has 2 rings (SSSR count). The maximum absolute atomic E-state index is 5.90. The van der Waals surface area contributed by atoms with E-state index in [4.69, 9.17) is 10.5 Å². The van der Waals surface area contributed by atoms with Crippen molar-refractivity contribution < 1.29 is 4.74 Å². The summed E-state index contributed by atoms with van der Waals surface area (Å²) in [5.41, 5.74) is 9.50. The first kappa shape index (κ1) is 13.6. The molecule has 0 heterocycles. The van der Waals surface area contributed by atoms with E-state index in [9.17, 15) is 0 Å². The molecule has 0 bridgehead atoms. The minimum atomic E-state index is 0.170. The molecule has 0 amide bonds. The molecule has 0 aliphatic heterocycles. The van der Waals surface area contributed by atoms with Crippen molar-refractivity contribution in [3.8, 4) is 5.75 Å². The van der Waals surface area contributed by atoms with Crippen LogP contribution in [0.15, 0.2) is 48.5 Å². The minimum absolute atomic E-state index is 0.170. The second-order valence-corrected chi connectivity index (χ2v) is 5.00. The first-order valence-corrected chi connectivity index (χ1v) is 6.67. The average Bonchev–Trinajstić information content (AvgIpc) is 2.40. The zero-order valence-electron chi connectivity index (χ0n) is 11.6. The summed E-state index contributed by atoms with van der Waals surface area (Å²) in [4.78, 5) is 0. The zero-order chi connectivity index (χ0) is 13.7. The molecule has 2 N–H and O–H groups in total. The Hall–Kier alpha value is -1.80. The zero-order valence-corrected chi connectivity index (χ0v) is 11.6. The quantitative estimate of drug-likeness (QED) is 0.888. The molecule has 1 atom stereocenters. The number of hydrogen-bond acceptors (Lipinski definition) is 2. The van der Waals surface area contributed by atoms with Gasteiger partial charge in [0.2, 0.25) is 0 Å². The highest BCUT2D eigenvalue weighted by Gasteiger charge is 2.07. The van der Waals surface area contributed by atoms with Crippen LogP contribution in [-0.4, -0.2) is 6.04 Å². The molecule has 1 unspecified atom stereocenters. The van der Waals surface area contributed by atoms with Gasteiger partial charge in [0.25, 0.3) is 0 Å². The second kappa shape index (κ2) is 6.39. The van der Waals surface area contributed by atoms with Crippen molar-refractivity contribution in [2.45, 2.75) is 32.9 Å². The van der Waals surface area contributed by atoms with Crippen molar-refractivity contribution in [2.75, 3.05) is 0 Å². The second-order valence-electron chi connectivity index (χ2n) is 5.00. The smallest absolute Gasteiger partial charge is 0.122 e. The molecule has 100 valence electrons. The molecule has 0 radical (unpaired) electrons. The third-order valence-corrected chi connectivity index (χ3v) is 3.18. The van der Waals surface area contributed by atoms with E-state index in [2.05, 4.69) is 25.1 Å². The first-order valence-electron chi connectivity index (χ1n) is 6.67. The van der Waals surface area contributed by atoms with Crippen LogP contribution in [0, 0.1) is 6.92 Å². The Morgan fingerprint density at radius 3 is 2.47 bits per heavy atom. The predicted octanol–water partition coefficient (Wildman–Crippen LogP) is 3.46. The lowest BCUT2D eigenvalue weighted by atomic mass is 10.0. The molecule has 2 heteroatoms. The summed E-state index contributed by atoms with van der Waals surface area (Å²) in [6.07, 6.45) is 0.883. The van der Waals surface area contributed by atoms with Crippen LogP contribution in [0.3, 0.4) is 0 Å². The van der Waals surface area contributed by atoms with Gasteiger partial charge in [0.05, 0.1) is 0 Å². The molecule has 0 fully saturated rings. The van der Waals surface area contributed by atoms with Crippen LogP contribution < -0.4 is 10.5 Å². The van der Waals surface area contributed by atoms with Crippen LogP contribution >= 0.6 is 0 Å². The molecule has 2 aromatic rings. The number of benzene rings is 2. The van der Waals surface area contributed by atoms with Gasteiger partial charge in [-0.2, -0.15) is 0 Å². The van der Waals surface area contributed by atoms with Crippen LogP contribution in [0.25, 0.3) is 0 Å². The van der Waals surface area contributed by atoms with Gasteiger partial charge >= 0.3 is 0 Å². The SMILES string of the molecule is Cc1c(CC(C)N)cccc1OCc1ccccc1. The maximum Gasteiger partial charge on any atom is 0.122 e. The summed E-state index contributed by atoms with van der Waals surface area (Å²) < 4.78 is 5.90. The van der Waals surface area contributed by atoms with Gasteiger partial charge in [-0.1, -0.05) is 42.5 Å². The molecule has 0 saturated heterocycles. The molecule has 0 saturated carbocycles. The van der Waals surface area contributed by atoms with Crippen molar-refractivity contribution in [2.24, 2.45) is 5.73 Å². The highest BCUT2D eigenvalue weighted by Crippen LogP contribution is 2.23. The maximum atomic E-state index is 5.90. The summed E-state index contributed by atoms with van der Waals surface area (Å²) in [6, 6.07) is 16.5. The standard InChI is InChI=1S/C17H21NO/c1-13(18)11-16-9-6-10-17(14(16)2)19-12-15-7-4-3-5-8-15/h3-10,13H,11-12,18H2,1-2H3. The molecule has 19 heavy (non-hydrogen) atoms. The van der Waals surface area contributed by atoms with E-state index < -0.39 is 0 Å². The molecule has 2 aromatic carbocycles. The topological polar surface area (TPSA) is 35.2 Å². The summed E-state index contributed by atoms with van der Waals surface area (Å²) in [6.45, 7) is 4.72. The fraction of sp³-hybridized carbons (Fsp3) is 0.294. The van der Waals surface area contributed by atoms with Crippen LogP contribution in [0.5, 0.6) is 5.75 Å². The molecular weight excluding hydrogens is 234 g/mol. The van der Waals surface area contributed by atoms with Gasteiger partial charge in [0.15, 0.2) is 0 Å².